The summed E-state index contributed by atoms with van der Waals surface area (Å²) in [5.74, 6) is 0. The summed E-state index contributed by atoms with van der Waals surface area (Å²) in [7, 11) is 0. The maximum atomic E-state index is 5.53. The summed E-state index contributed by atoms with van der Waals surface area (Å²) in [5.41, 5.74) is 3.54. The molecule has 2 heteroatoms. The molecule has 0 saturated heterocycles. The van der Waals surface area contributed by atoms with Crippen LogP contribution in [0.3, 0.4) is 0 Å². The summed E-state index contributed by atoms with van der Waals surface area (Å²) in [6.45, 7) is 0. The van der Waals surface area contributed by atoms with Crippen LogP contribution < -0.4 is 0 Å². The van der Waals surface area contributed by atoms with E-state index in [0.29, 0.717) is 0 Å². The highest BCUT2D eigenvalue weighted by Crippen LogP contribution is 2.30. The van der Waals surface area contributed by atoms with Crippen LogP contribution in [0.1, 0.15) is 0 Å². The van der Waals surface area contributed by atoms with Crippen molar-refractivity contribution in [3.05, 3.63) is 76.6 Å². The van der Waals surface area contributed by atoms with E-state index in [1.54, 1.807) is 11.3 Å². The summed E-state index contributed by atoms with van der Waals surface area (Å²) >= 11 is 7.26. The van der Waals surface area contributed by atoms with Crippen molar-refractivity contribution in [2.75, 3.05) is 0 Å². The van der Waals surface area contributed by atoms with Gasteiger partial charge >= 0.3 is 0 Å². The van der Waals surface area contributed by atoms with Gasteiger partial charge in [-0.15, -0.1) is 11.3 Å². The van der Waals surface area contributed by atoms with E-state index in [-0.39, 0.29) is 0 Å². The SMILES string of the molecule is S=c1cc(-c2ccccc2)scc1-c1ccccc1. The van der Waals surface area contributed by atoms with E-state index < -0.39 is 0 Å². The van der Waals surface area contributed by atoms with Gasteiger partial charge in [0.05, 0.1) is 0 Å². The van der Waals surface area contributed by atoms with Crippen molar-refractivity contribution in [1.82, 2.24) is 0 Å². The monoisotopic (exact) mass is 280 g/mol. The van der Waals surface area contributed by atoms with E-state index in [0.717, 1.165) is 10.1 Å². The minimum absolute atomic E-state index is 0.906. The molecule has 0 fully saturated rings. The molecule has 0 bridgehead atoms. The van der Waals surface area contributed by atoms with Crippen molar-refractivity contribution >= 4 is 23.6 Å². The molecule has 0 radical (unpaired) electrons. The second-order valence-electron chi connectivity index (χ2n) is 4.25. The lowest BCUT2D eigenvalue weighted by Gasteiger charge is -2.04. The van der Waals surface area contributed by atoms with Gasteiger partial charge in [-0.3, -0.25) is 0 Å². The van der Waals surface area contributed by atoms with Crippen molar-refractivity contribution < 1.29 is 0 Å². The first kappa shape index (κ1) is 12.3. The van der Waals surface area contributed by atoms with Crippen LogP contribution in [0, 0.1) is 4.51 Å². The molecule has 2 aromatic carbocycles. The number of rotatable bonds is 2. The van der Waals surface area contributed by atoms with Crippen molar-refractivity contribution in [2.24, 2.45) is 0 Å². The van der Waals surface area contributed by atoms with Crippen LogP contribution in [0.5, 0.6) is 0 Å². The first-order chi connectivity index (χ1) is 9.34. The van der Waals surface area contributed by atoms with E-state index in [1.165, 1.54) is 16.0 Å². The molecule has 0 N–H and O–H groups in total. The van der Waals surface area contributed by atoms with Gasteiger partial charge in [-0.2, -0.15) is 0 Å². The average molecular weight is 280 g/mol. The standard InChI is InChI=1S/C17H12S2/c18-16-11-17(14-9-5-2-6-10-14)19-12-15(16)13-7-3-1-4-8-13/h1-12H. The molecule has 3 rings (SSSR count). The van der Waals surface area contributed by atoms with Crippen molar-refractivity contribution in [1.29, 1.82) is 0 Å². The zero-order valence-electron chi connectivity index (χ0n) is 10.2. The minimum atomic E-state index is 0.906. The Bertz CT molecular complexity index is 728. The van der Waals surface area contributed by atoms with Gasteiger partial charge < -0.3 is 0 Å². The van der Waals surface area contributed by atoms with E-state index in [4.69, 9.17) is 12.2 Å². The Kier molecular flexibility index (Phi) is 3.53. The van der Waals surface area contributed by atoms with Crippen LogP contribution in [0.2, 0.25) is 0 Å². The van der Waals surface area contributed by atoms with Crippen LogP contribution in [-0.4, -0.2) is 0 Å². The molecule has 0 aliphatic carbocycles. The summed E-state index contributed by atoms with van der Waals surface area (Å²) in [4.78, 5) is 1.21. The quantitative estimate of drug-likeness (QED) is 0.534. The first-order valence-corrected chi connectivity index (χ1v) is 7.37. The predicted molar refractivity (Wildman–Crippen MR) is 86.0 cm³/mol. The number of hydrogen-bond acceptors (Lipinski definition) is 2. The lowest BCUT2D eigenvalue weighted by atomic mass is 10.1. The van der Waals surface area contributed by atoms with Crippen LogP contribution in [0.25, 0.3) is 21.6 Å². The second kappa shape index (κ2) is 5.47. The van der Waals surface area contributed by atoms with E-state index >= 15 is 0 Å². The normalized spacial score (nSPS) is 10.3. The Morgan fingerprint density at radius 2 is 1.32 bits per heavy atom. The largest absolute Gasteiger partial charge is 0.143 e. The van der Waals surface area contributed by atoms with Crippen LogP contribution in [0.4, 0.5) is 0 Å². The molecule has 0 aliphatic rings. The van der Waals surface area contributed by atoms with Crippen molar-refractivity contribution in [3.8, 4) is 21.6 Å². The first-order valence-electron chi connectivity index (χ1n) is 6.08. The topological polar surface area (TPSA) is 0 Å². The molecule has 0 saturated carbocycles. The fourth-order valence-electron chi connectivity index (χ4n) is 1.99. The Morgan fingerprint density at radius 1 is 0.737 bits per heavy atom. The third-order valence-electron chi connectivity index (χ3n) is 2.97. The predicted octanol–water partition coefficient (Wildman–Crippen LogP) is 5.81. The van der Waals surface area contributed by atoms with Gasteiger partial charge in [-0.1, -0.05) is 72.9 Å². The summed E-state index contributed by atoms with van der Waals surface area (Å²) in [6.07, 6.45) is 0. The fourth-order valence-corrected chi connectivity index (χ4v) is 3.40. The zero-order valence-corrected chi connectivity index (χ0v) is 11.9. The van der Waals surface area contributed by atoms with Crippen molar-refractivity contribution in [2.45, 2.75) is 0 Å². The highest BCUT2D eigenvalue weighted by molar-refractivity contribution is 7.71. The molecule has 0 spiro atoms. The van der Waals surface area contributed by atoms with Crippen molar-refractivity contribution in [3.63, 3.8) is 0 Å². The maximum Gasteiger partial charge on any atom is 0.0477 e. The molecule has 1 heterocycles. The highest BCUT2D eigenvalue weighted by atomic mass is 32.1. The van der Waals surface area contributed by atoms with Gasteiger partial charge in [0, 0.05) is 20.3 Å². The van der Waals surface area contributed by atoms with Crippen LogP contribution in [0.15, 0.2) is 72.1 Å². The number of hydrogen-bond donors (Lipinski definition) is 0. The molecular formula is C17H12S2. The van der Waals surface area contributed by atoms with Gasteiger partial charge in [0.15, 0.2) is 0 Å². The molecule has 0 unspecified atom stereocenters. The molecule has 0 atom stereocenters. The van der Waals surface area contributed by atoms with Gasteiger partial charge in [-0.25, -0.2) is 0 Å². The molecule has 3 aromatic rings. The van der Waals surface area contributed by atoms with E-state index in [2.05, 4.69) is 47.8 Å². The highest BCUT2D eigenvalue weighted by Gasteiger charge is 2.03. The Morgan fingerprint density at radius 3 is 1.89 bits per heavy atom. The smallest absolute Gasteiger partial charge is 0.0477 e. The molecule has 0 amide bonds. The molecular weight excluding hydrogens is 268 g/mol. The summed E-state index contributed by atoms with van der Waals surface area (Å²) < 4.78 is 0.906. The molecule has 19 heavy (non-hydrogen) atoms. The zero-order chi connectivity index (χ0) is 13.1. The number of benzene rings is 2. The van der Waals surface area contributed by atoms with Gasteiger partial charge in [0.25, 0.3) is 0 Å². The minimum Gasteiger partial charge on any atom is -0.143 e. The molecule has 0 aliphatic heterocycles. The third kappa shape index (κ3) is 2.65. The second-order valence-corrected chi connectivity index (χ2v) is 5.61. The van der Waals surface area contributed by atoms with E-state index in [9.17, 15) is 0 Å². The summed E-state index contributed by atoms with van der Waals surface area (Å²) in [6, 6.07) is 22.8. The fraction of sp³-hybridized carbons (Fsp3) is 0. The molecule has 92 valence electrons. The molecule has 1 aromatic heterocycles. The Labute approximate surface area is 122 Å². The van der Waals surface area contributed by atoms with Crippen LogP contribution >= 0.6 is 23.6 Å². The van der Waals surface area contributed by atoms with Gasteiger partial charge in [0.2, 0.25) is 0 Å². The molecule has 0 nitrogen and oxygen atoms in total. The average Bonchev–Trinajstić information content (AvgIpc) is 2.49. The lowest BCUT2D eigenvalue weighted by molar-refractivity contribution is 1.63. The van der Waals surface area contributed by atoms with Gasteiger partial charge in [-0.05, 0) is 17.2 Å². The lowest BCUT2D eigenvalue weighted by Crippen LogP contribution is -1.79. The maximum absolute atomic E-state index is 5.53. The Hall–Kier alpha value is -1.77. The third-order valence-corrected chi connectivity index (χ3v) is 4.27. The van der Waals surface area contributed by atoms with Crippen LogP contribution in [-0.2, 0) is 0 Å². The Balaban J connectivity index is 2.07. The van der Waals surface area contributed by atoms with Gasteiger partial charge in [0.1, 0.15) is 0 Å². The van der Waals surface area contributed by atoms with E-state index in [1.807, 2.05) is 24.3 Å². The summed E-state index contributed by atoms with van der Waals surface area (Å²) in [5, 5.41) is 2.15.